The highest BCUT2D eigenvalue weighted by atomic mass is 35.5. The van der Waals surface area contributed by atoms with E-state index in [1.807, 2.05) is 20.8 Å². The molecule has 5 heterocycles. The van der Waals surface area contributed by atoms with Crippen LogP contribution in [0.4, 0.5) is 15.0 Å². The molecule has 244 valence electrons. The first-order chi connectivity index (χ1) is 21.2. The summed E-state index contributed by atoms with van der Waals surface area (Å²) < 4.78 is 27.2. The number of hydrogen-bond donors (Lipinski definition) is 0. The van der Waals surface area contributed by atoms with Gasteiger partial charge in [0.05, 0.1) is 11.7 Å². The molecule has 12 heteroatoms. The molecule has 0 radical (unpaired) electrons. The molecule has 0 bridgehead atoms. The van der Waals surface area contributed by atoms with E-state index in [1.54, 1.807) is 28.0 Å². The van der Waals surface area contributed by atoms with Gasteiger partial charge in [0.1, 0.15) is 34.4 Å². The van der Waals surface area contributed by atoms with Crippen LogP contribution in [0, 0.1) is 5.82 Å². The first-order valence-corrected chi connectivity index (χ1v) is 16.2. The van der Waals surface area contributed by atoms with Gasteiger partial charge in [0, 0.05) is 69.5 Å². The van der Waals surface area contributed by atoms with E-state index >= 15 is 4.39 Å². The number of amides is 2. The molecule has 2 amide bonds. The Morgan fingerprint density at radius 1 is 1.07 bits per heavy atom. The minimum absolute atomic E-state index is 0.101. The van der Waals surface area contributed by atoms with Crippen LogP contribution < -0.4 is 9.64 Å². The molecular formula is C33H44ClFN6O4. The number of fused-ring (bicyclic) bond motifs is 2. The summed E-state index contributed by atoms with van der Waals surface area (Å²) in [5.74, 6) is -0.0460. The van der Waals surface area contributed by atoms with Crippen molar-refractivity contribution in [3.05, 3.63) is 40.7 Å². The summed E-state index contributed by atoms with van der Waals surface area (Å²) in [7, 11) is 2.14. The molecule has 2 atom stereocenters. The van der Waals surface area contributed by atoms with Crippen molar-refractivity contribution in [1.29, 1.82) is 0 Å². The Balaban J connectivity index is 1.40. The van der Waals surface area contributed by atoms with Crippen LogP contribution in [0.15, 0.2) is 24.3 Å². The molecule has 2 aromatic rings. The van der Waals surface area contributed by atoms with Crippen LogP contribution in [0.25, 0.3) is 11.3 Å². The average molecular weight is 643 g/mol. The van der Waals surface area contributed by atoms with Gasteiger partial charge in [0.15, 0.2) is 5.75 Å². The first-order valence-electron chi connectivity index (χ1n) is 15.8. The fourth-order valence-corrected chi connectivity index (χ4v) is 7.27. The Morgan fingerprint density at radius 2 is 1.78 bits per heavy atom. The van der Waals surface area contributed by atoms with E-state index in [9.17, 15) is 9.59 Å². The van der Waals surface area contributed by atoms with E-state index in [1.165, 1.54) is 6.07 Å². The lowest BCUT2D eigenvalue weighted by Gasteiger charge is -2.40. The predicted octanol–water partition coefficient (Wildman–Crippen LogP) is 4.60. The van der Waals surface area contributed by atoms with Crippen LogP contribution in [0.1, 0.15) is 51.4 Å². The first kappa shape index (κ1) is 31.8. The zero-order valence-corrected chi connectivity index (χ0v) is 27.9. The van der Waals surface area contributed by atoms with Gasteiger partial charge in [0.25, 0.3) is 5.91 Å². The summed E-state index contributed by atoms with van der Waals surface area (Å²) in [5, 5.41) is 0.101. The highest BCUT2D eigenvalue weighted by Gasteiger charge is 2.47. The summed E-state index contributed by atoms with van der Waals surface area (Å²) in [6.45, 7) is 15.5. The van der Waals surface area contributed by atoms with Crippen molar-refractivity contribution in [2.75, 3.05) is 70.9 Å². The highest BCUT2D eigenvalue weighted by molar-refractivity contribution is 6.35. The molecule has 1 aromatic carbocycles. The minimum atomic E-state index is -0.637. The number of benzene rings is 1. The Bertz CT molecular complexity index is 1470. The predicted molar refractivity (Wildman–Crippen MR) is 172 cm³/mol. The number of nitrogens with zero attached hydrogens (tertiary/aromatic N) is 6. The number of rotatable bonds is 3. The molecule has 10 nitrogen and oxygen atoms in total. The number of aromatic nitrogens is 1. The second kappa shape index (κ2) is 11.9. The van der Waals surface area contributed by atoms with Crippen LogP contribution in [-0.2, 0) is 4.74 Å². The molecular weight excluding hydrogens is 599 g/mol. The zero-order valence-electron chi connectivity index (χ0n) is 27.1. The fourth-order valence-electron chi connectivity index (χ4n) is 6.98. The summed E-state index contributed by atoms with van der Waals surface area (Å²) >= 11 is 6.99. The van der Waals surface area contributed by atoms with Gasteiger partial charge in [0.2, 0.25) is 0 Å². The molecule has 3 fully saturated rings. The van der Waals surface area contributed by atoms with Crippen LogP contribution in [0.5, 0.6) is 5.75 Å². The maximum Gasteiger partial charge on any atom is 0.410 e. The number of halogens is 2. The van der Waals surface area contributed by atoms with Gasteiger partial charge in [-0.15, -0.1) is 0 Å². The van der Waals surface area contributed by atoms with E-state index in [-0.39, 0.29) is 52.7 Å². The number of piperazine rings is 2. The summed E-state index contributed by atoms with van der Waals surface area (Å²) in [6, 6.07) is 6.22. The van der Waals surface area contributed by atoms with Crippen LogP contribution in [0.3, 0.4) is 0 Å². The minimum Gasteiger partial charge on any atom is -0.489 e. The van der Waals surface area contributed by atoms with E-state index in [2.05, 4.69) is 35.6 Å². The van der Waals surface area contributed by atoms with Crippen molar-refractivity contribution in [3.8, 4) is 17.0 Å². The Kier molecular flexibility index (Phi) is 8.41. The molecule has 0 N–H and O–H groups in total. The lowest BCUT2D eigenvalue weighted by atomic mass is 9.98. The van der Waals surface area contributed by atoms with Gasteiger partial charge in [-0.25, -0.2) is 14.2 Å². The summed E-state index contributed by atoms with van der Waals surface area (Å²) in [6.07, 6.45) is 0.462. The van der Waals surface area contributed by atoms with Gasteiger partial charge >= 0.3 is 6.09 Å². The van der Waals surface area contributed by atoms with Crippen LogP contribution >= 0.6 is 11.6 Å². The average Bonchev–Trinajstić information content (AvgIpc) is 3.21. The van der Waals surface area contributed by atoms with Crippen molar-refractivity contribution in [3.63, 3.8) is 0 Å². The van der Waals surface area contributed by atoms with Crippen molar-refractivity contribution >= 4 is 29.4 Å². The number of pyridine rings is 1. The number of ether oxygens (including phenoxy) is 2. The normalized spacial score (nSPS) is 24.2. The highest BCUT2D eigenvalue weighted by Crippen LogP contribution is 2.47. The third kappa shape index (κ3) is 6.18. The second-order valence-corrected chi connectivity index (χ2v) is 14.7. The van der Waals surface area contributed by atoms with Gasteiger partial charge in [-0.05, 0) is 60.2 Å². The van der Waals surface area contributed by atoms with Gasteiger partial charge in [-0.2, -0.15) is 0 Å². The van der Waals surface area contributed by atoms with Gasteiger partial charge in [-0.3, -0.25) is 9.69 Å². The number of likely N-dealkylation sites (N-methyl/N-ethyl adjacent to an activating group) is 1. The maximum absolute atomic E-state index is 15.2. The maximum atomic E-state index is 15.2. The zero-order chi connectivity index (χ0) is 32.3. The quantitative estimate of drug-likeness (QED) is 0.481. The Hall–Kier alpha value is -3.15. The van der Waals surface area contributed by atoms with Crippen LogP contribution in [0.2, 0.25) is 5.02 Å². The number of carbonyl (C=O) groups is 2. The SMILES string of the molecule is CN1CCN(C2CN(c3nc(-c4ccccc4F)c(Cl)c4c3C(=O)N3CCN(C(=O)OC(C)(C)C)C[C@@H]3CO4)C(C)(C)C2)CC1. The molecule has 1 aromatic heterocycles. The molecule has 3 saturated heterocycles. The Labute approximate surface area is 270 Å². The number of anilines is 1. The second-order valence-electron chi connectivity index (χ2n) is 14.3. The van der Waals surface area contributed by atoms with Gasteiger partial charge < -0.3 is 29.1 Å². The lowest BCUT2D eigenvalue weighted by Crippen LogP contribution is -2.58. The number of hydrogen-bond acceptors (Lipinski definition) is 8. The standard InChI is InChI=1S/C33H44ClFN6O4/c1-32(2,3)45-31(43)39-15-16-40-22(18-39)20-44-28-25(30(40)42)29(36-27(26(28)34)23-9-7-8-10-24(23)35)41-19-21(17-33(41,4)5)38-13-11-37(6)12-14-38/h7-10,21-22H,11-20H2,1-6H3/t21?,22-/m1/s1. The largest absolute Gasteiger partial charge is 0.489 e. The Morgan fingerprint density at radius 3 is 2.47 bits per heavy atom. The van der Waals surface area contributed by atoms with Crippen LogP contribution in [-0.4, -0.2) is 126 Å². The molecule has 0 saturated carbocycles. The third-order valence-electron chi connectivity index (χ3n) is 9.40. The molecule has 45 heavy (non-hydrogen) atoms. The fraction of sp³-hybridized carbons (Fsp3) is 0.606. The van der Waals surface area contributed by atoms with E-state index < -0.39 is 23.6 Å². The number of carbonyl (C=O) groups excluding carboxylic acids is 2. The van der Waals surface area contributed by atoms with Crippen molar-refractivity contribution in [2.45, 2.75) is 64.3 Å². The van der Waals surface area contributed by atoms with Crippen molar-refractivity contribution in [1.82, 2.24) is 24.6 Å². The monoisotopic (exact) mass is 642 g/mol. The van der Waals surface area contributed by atoms with Crippen molar-refractivity contribution in [2.24, 2.45) is 0 Å². The lowest BCUT2D eigenvalue weighted by molar-refractivity contribution is 0.000952. The summed E-state index contributed by atoms with van der Waals surface area (Å²) in [4.78, 5) is 42.9. The molecule has 1 unspecified atom stereocenters. The molecule has 0 spiro atoms. The topological polar surface area (TPSA) is 81.7 Å². The third-order valence-corrected chi connectivity index (χ3v) is 9.75. The van der Waals surface area contributed by atoms with E-state index in [4.69, 9.17) is 26.1 Å². The smallest absolute Gasteiger partial charge is 0.410 e. The molecule has 4 aliphatic heterocycles. The molecule has 4 aliphatic rings. The van der Waals surface area contributed by atoms with E-state index in [0.717, 1.165) is 32.6 Å². The van der Waals surface area contributed by atoms with Gasteiger partial charge in [-0.1, -0.05) is 23.7 Å². The van der Waals surface area contributed by atoms with Crippen molar-refractivity contribution < 1.29 is 23.5 Å². The summed E-state index contributed by atoms with van der Waals surface area (Å²) in [5.41, 5.74) is -0.211. The molecule has 0 aliphatic carbocycles. The molecule has 6 rings (SSSR count). The van der Waals surface area contributed by atoms with E-state index in [0.29, 0.717) is 31.0 Å².